The molecule has 8 heavy (non-hydrogen) atoms. The van der Waals surface area contributed by atoms with Crippen LogP contribution in [-0.2, 0) is 16.3 Å². The third kappa shape index (κ3) is 15.8. The van der Waals surface area contributed by atoms with E-state index < -0.39 is 0 Å². The van der Waals surface area contributed by atoms with Crippen molar-refractivity contribution >= 4 is 13.6 Å². The SMILES string of the molecule is C=CCC([CH2-])C.[Zn+][Br]. The summed E-state index contributed by atoms with van der Waals surface area (Å²) in [5, 5.41) is 0. The number of hydrogen-bond donors (Lipinski definition) is 0. The van der Waals surface area contributed by atoms with Crippen LogP contribution in [0.3, 0.4) is 0 Å². The van der Waals surface area contributed by atoms with Gasteiger partial charge in [0.15, 0.2) is 0 Å². The van der Waals surface area contributed by atoms with Gasteiger partial charge in [0.25, 0.3) is 0 Å². The van der Waals surface area contributed by atoms with Crippen molar-refractivity contribution < 1.29 is 16.3 Å². The fraction of sp³-hybridized carbons (Fsp3) is 0.500. The predicted octanol–water partition coefficient (Wildman–Crippen LogP) is 2.88. The molecule has 0 saturated heterocycles. The monoisotopic (exact) mass is 226 g/mol. The van der Waals surface area contributed by atoms with Crippen LogP contribution in [0.25, 0.3) is 0 Å². The molecule has 0 aromatic heterocycles. The second kappa shape index (κ2) is 10.8. The molecule has 1 unspecified atom stereocenters. The van der Waals surface area contributed by atoms with E-state index >= 15 is 0 Å². The molecule has 0 N–H and O–H groups in total. The Kier molecular flexibility index (Phi) is 15.6. The molecule has 1 atom stereocenters. The zero-order chi connectivity index (χ0) is 6.99. The van der Waals surface area contributed by atoms with Gasteiger partial charge < -0.3 is 6.92 Å². The van der Waals surface area contributed by atoms with E-state index in [9.17, 15) is 0 Å². The Morgan fingerprint density at radius 2 is 2.25 bits per heavy atom. The Morgan fingerprint density at radius 1 is 1.88 bits per heavy atom. The Bertz CT molecular complexity index is 43.8. The van der Waals surface area contributed by atoms with E-state index in [1.807, 2.05) is 6.08 Å². The molecule has 2 heteroatoms. The van der Waals surface area contributed by atoms with E-state index in [2.05, 4.69) is 34.0 Å². The van der Waals surface area contributed by atoms with Crippen LogP contribution in [-0.4, -0.2) is 0 Å². The van der Waals surface area contributed by atoms with Crippen molar-refractivity contribution in [1.29, 1.82) is 0 Å². The summed E-state index contributed by atoms with van der Waals surface area (Å²) in [5.41, 5.74) is 0. The minimum atomic E-state index is 0.530. The van der Waals surface area contributed by atoms with E-state index in [1.165, 1.54) is 16.3 Å². The van der Waals surface area contributed by atoms with Crippen molar-refractivity contribution in [1.82, 2.24) is 0 Å². The first-order valence-corrected chi connectivity index (χ1v) is 9.43. The first-order chi connectivity index (χ1) is 3.77. The standard InChI is InChI=1S/C6H11.BrH.Zn/c1-4-5-6(2)3;;/h4,6H,1-2,5H2,3H3;1H;/q-1;;+2/p-1. The van der Waals surface area contributed by atoms with Crippen molar-refractivity contribution in [2.24, 2.45) is 5.92 Å². The molecule has 0 aliphatic carbocycles. The molecule has 44 valence electrons. The molecule has 0 spiro atoms. The van der Waals surface area contributed by atoms with Gasteiger partial charge in [-0.05, 0) is 0 Å². The molecule has 0 bridgehead atoms. The minimum absolute atomic E-state index is 0.530. The molecule has 0 aromatic rings. The summed E-state index contributed by atoms with van der Waals surface area (Å²) in [6.45, 7) is 9.39. The van der Waals surface area contributed by atoms with Crippen LogP contribution >= 0.6 is 13.6 Å². The van der Waals surface area contributed by atoms with Gasteiger partial charge in [0.1, 0.15) is 0 Å². The molecular weight excluding hydrogens is 217 g/mol. The Hall–Kier alpha value is 0.843. The van der Waals surface area contributed by atoms with E-state index in [0.29, 0.717) is 5.92 Å². The summed E-state index contributed by atoms with van der Waals surface area (Å²) >= 11 is 4.25. The summed E-state index contributed by atoms with van der Waals surface area (Å²) in [6.07, 6.45) is 2.91. The van der Waals surface area contributed by atoms with Crippen LogP contribution in [0.2, 0.25) is 0 Å². The van der Waals surface area contributed by atoms with Crippen molar-refractivity contribution in [3.8, 4) is 0 Å². The molecule has 0 radical (unpaired) electrons. The number of allylic oxidation sites excluding steroid dienone is 1. The van der Waals surface area contributed by atoms with Crippen molar-refractivity contribution in [3.05, 3.63) is 19.6 Å². The predicted molar refractivity (Wildman–Crippen MR) is 38.3 cm³/mol. The second-order valence-corrected chi connectivity index (χ2v) is 1.63. The van der Waals surface area contributed by atoms with Crippen molar-refractivity contribution in [2.75, 3.05) is 0 Å². The average Bonchev–Trinajstić information content (AvgIpc) is 1.72. The van der Waals surface area contributed by atoms with Gasteiger partial charge in [0, 0.05) is 0 Å². The summed E-state index contributed by atoms with van der Waals surface area (Å²) in [4.78, 5) is 0. The number of halogens is 1. The summed E-state index contributed by atoms with van der Waals surface area (Å²) in [5.74, 6) is 0.530. The van der Waals surface area contributed by atoms with Gasteiger partial charge in [0.2, 0.25) is 0 Å². The summed E-state index contributed by atoms with van der Waals surface area (Å²) in [6, 6.07) is 0. The normalized spacial score (nSPS) is 11.1. The topological polar surface area (TPSA) is 0 Å². The van der Waals surface area contributed by atoms with Crippen LogP contribution in [0, 0.1) is 12.8 Å². The van der Waals surface area contributed by atoms with Crippen LogP contribution in [0.1, 0.15) is 13.3 Å². The molecule has 0 rings (SSSR count). The first kappa shape index (κ1) is 11.6. The summed E-state index contributed by atoms with van der Waals surface area (Å²) < 4.78 is 0. The molecular formula is C6H11BrZn. The van der Waals surface area contributed by atoms with Crippen LogP contribution in [0.4, 0.5) is 0 Å². The van der Waals surface area contributed by atoms with Gasteiger partial charge in [-0.2, -0.15) is 5.92 Å². The fourth-order valence-electron chi connectivity index (χ4n) is 0.285. The van der Waals surface area contributed by atoms with Gasteiger partial charge in [-0.1, -0.05) is 19.4 Å². The summed E-state index contributed by atoms with van der Waals surface area (Å²) in [7, 11) is 0. The molecule has 0 fully saturated rings. The quantitative estimate of drug-likeness (QED) is 0.387. The average molecular weight is 228 g/mol. The third-order valence-electron chi connectivity index (χ3n) is 0.569. The Balaban J connectivity index is 0. The molecule has 0 saturated carbocycles. The molecule has 0 aliphatic rings. The van der Waals surface area contributed by atoms with E-state index in [0.717, 1.165) is 6.42 Å². The van der Waals surface area contributed by atoms with Crippen molar-refractivity contribution in [2.45, 2.75) is 13.3 Å². The molecule has 0 heterocycles. The number of rotatable bonds is 2. The molecule has 0 amide bonds. The van der Waals surface area contributed by atoms with E-state index in [-0.39, 0.29) is 0 Å². The van der Waals surface area contributed by atoms with Gasteiger partial charge in [0.05, 0.1) is 0 Å². The van der Waals surface area contributed by atoms with Gasteiger partial charge >= 0.3 is 30.0 Å². The molecule has 0 nitrogen and oxygen atoms in total. The van der Waals surface area contributed by atoms with Gasteiger partial charge in [-0.25, -0.2) is 0 Å². The van der Waals surface area contributed by atoms with Crippen LogP contribution in [0.5, 0.6) is 0 Å². The Morgan fingerprint density at radius 3 is 2.25 bits per heavy atom. The first-order valence-electron chi connectivity index (χ1n) is 2.48. The zero-order valence-electron chi connectivity index (χ0n) is 5.36. The van der Waals surface area contributed by atoms with Gasteiger partial charge in [-0.15, -0.1) is 6.58 Å². The van der Waals surface area contributed by atoms with Crippen LogP contribution < -0.4 is 0 Å². The third-order valence-corrected chi connectivity index (χ3v) is 0.569. The number of hydrogen-bond acceptors (Lipinski definition) is 0. The molecule has 0 aromatic carbocycles. The van der Waals surface area contributed by atoms with Crippen molar-refractivity contribution in [3.63, 3.8) is 0 Å². The maximum absolute atomic E-state index is 3.76. The second-order valence-electron chi connectivity index (χ2n) is 1.63. The van der Waals surface area contributed by atoms with E-state index in [1.54, 1.807) is 0 Å². The van der Waals surface area contributed by atoms with Gasteiger partial charge in [-0.3, -0.25) is 0 Å². The zero-order valence-corrected chi connectivity index (χ0v) is 9.91. The van der Waals surface area contributed by atoms with E-state index in [4.69, 9.17) is 0 Å². The van der Waals surface area contributed by atoms with Crippen LogP contribution in [0.15, 0.2) is 12.7 Å². The Labute approximate surface area is 68.8 Å². The maximum atomic E-state index is 3.76. The fourth-order valence-corrected chi connectivity index (χ4v) is 0.285. The molecule has 0 aliphatic heterocycles.